The van der Waals surface area contributed by atoms with E-state index in [9.17, 15) is 8.42 Å². The summed E-state index contributed by atoms with van der Waals surface area (Å²) >= 11 is 0. The second kappa shape index (κ2) is 8.60. The molecule has 2 aromatic rings. The molecule has 2 atom stereocenters. The van der Waals surface area contributed by atoms with Gasteiger partial charge in [0.1, 0.15) is 0 Å². The Morgan fingerprint density at radius 2 is 1.57 bits per heavy atom. The summed E-state index contributed by atoms with van der Waals surface area (Å²) in [5.41, 5.74) is 2.70. The fourth-order valence-corrected chi connectivity index (χ4v) is 5.78. The van der Waals surface area contributed by atoms with E-state index in [4.69, 9.17) is 0 Å². The minimum Gasteiger partial charge on any atom is -0.295 e. The summed E-state index contributed by atoms with van der Waals surface area (Å²) in [6.07, 6.45) is 7.53. The van der Waals surface area contributed by atoms with Crippen molar-refractivity contribution in [1.82, 2.24) is 9.62 Å². The van der Waals surface area contributed by atoms with Crippen LogP contribution in [0.4, 0.5) is 0 Å². The average molecular weight is 397 g/mol. The van der Waals surface area contributed by atoms with Crippen LogP contribution in [0.3, 0.4) is 0 Å². The lowest BCUT2D eigenvalue weighted by molar-refractivity contribution is 0.144. The van der Waals surface area contributed by atoms with E-state index in [-0.39, 0.29) is 12.1 Å². The Labute approximate surface area is 168 Å². The monoisotopic (exact) mass is 396 g/mol. The molecule has 0 radical (unpaired) electrons. The molecule has 1 heterocycles. The van der Waals surface area contributed by atoms with Gasteiger partial charge in [0.2, 0.25) is 10.0 Å². The van der Waals surface area contributed by atoms with E-state index in [1.165, 1.54) is 17.6 Å². The highest BCUT2D eigenvalue weighted by molar-refractivity contribution is 7.89. The summed E-state index contributed by atoms with van der Waals surface area (Å²) in [6.45, 7) is 1.87. The van der Waals surface area contributed by atoms with Gasteiger partial charge in [-0.1, -0.05) is 67.4 Å². The first-order chi connectivity index (χ1) is 13.6. The average Bonchev–Trinajstić information content (AvgIpc) is 2.75. The zero-order valence-electron chi connectivity index (χ0n) is 16.1. The van der Waals surface area contributed by atoms with E-state index in [2.05, 4.69) is 40.0 Å². The topological polar surface area (TPSA) is 49.4 Å². The second-order valence-corrected chi connectivity index (χ2v) is 9.45. The van der Waals surface area contributed by atoms with Crippen LogP contribution in [0.1, 0.15) is 37.7 Å². The molecule has 0 aromatic heterocycles. The number of nitrogens with zero attached hydrogens (tertiary/aromatic N) is 1. The summed E-state index contributed by atoms with van der Waals surface area (Å²) in [5, 5.41) is 0. The Balaban J connectivity index is 1.47. The van der Waals surface area contributed by atoms with Gasteiger partial charge in [-0.05, 0) is 42.5 Å². The van der Waals surface area contributed by atoms with Gasteiger partial charge in [0, 0.05) is 25.2 Å². The number of rotatable bonds is 5. The van der Waals surface area contributed by atoms with Crippen molar-refractivity contribution in [1.29, 1.82) is 0 Å². The first kappa shape index (κ1) is 19.4. The fraction of sp³-hybridized carbons (Fsp3) is 0.391. The van der Waals surface area contributed by atoms with Crippen LogP contribution in [0.2, 0.25) is 0 Å². The first-order valence-corrected chi connectivity index (χ1v) is 11.7. The molecule has 4 rings (SSSR count). The molecule has 0 saturated heterocycles. The molecule has 4 nitrogen and oxygen atoms in total. The zero-order valence-corrected chi connectivity index (χ0v) is 16.9. The Hall–Kier alpha value is -1.95. The minimum atomic E-state index is -3.48. The quantitative estimate of drug-likeness (QED) is 0.829. The van der Waals surface area contributed by atoms with E-state index < -0.39 is 10.0 Å². The first-order valence-electron chi connectivity index (χ1n) is 10.2. The molecule has 1 saturated carbocycles. The van der Waals surface area contributed by atoms with Crippen LogP contribution in [0.25, 0.3) is 5.57 Å². The van der Waals surface area contributed by atoms with Crippen LogP contribution in [0, 0.1) is 0 Å². The lowest BCUT2D eigenvalue weighted by Gasteiger charge is -2.41. The van der Waals surface area contributed by atoms with E-state index in [0.29, 0.717) is 4.90 Å². The highest BCUT2D eigenvalue weighted by Gasteiger charge is 2.33. The van der Waals surface area contributed by atoms with Crippen molar-refractivity contribution in [3.05, 3.63) is 72.3 Å². The van der Waals surface area contributed by atoms with Crippen LogP contribution in [-0.2, 0) is 10.0 Å². The molecule has 1 aliphatic carbocycles. The molecular weight excluding hydrogens is 368 g/mol. The Kier molecular flexibility index (Phi) is 5.95. The summed E-state index contributed by atoms with van der Waals surface area (Å²) in [7, 11) is -3.48. The van der Waals surface area contributed by atoms with Crippen molar-refractivity contribution < 1.29 is 8.42 Å². The molecule has 1 fully saturated rings. The van der Waals surface area contributed by atoms with E-state index >= 15 is 0 Å². The molecule has 148 valence electrons. The zero-order chi connectivity index (χ0) is 19.4. The molecule has 0 amide bonds. The molecule has 2 aliphatic rings. The molecular formula is C23H28N2O2S. The molecule has 5 heteroatoms. The lowest BCUT2D eigenvalue weighted by Crippen LogP contribution is -2.54. The lowest BCUT2D eigenvalue weighted by atomic mass is 9.88. The van der Waals surface area contributed by atoms with Crippen molar-refractivity contribution in [3.63, 3.8) is 0 Å². The third-order valence-corrected chi connectivity index (χ3v) is 7.45. The van der Waals surface area contributed by atoms with Crippen molar-refractivity contribution in [2.45, 2.75) is 49.1 Å². The van der Waals surface area contributed by atoms with Gasteiger partial charge in [-0.25, -0.2) is 13.1 Å². The predicted molar refractivity (Wildman–Crippen MR) is 113 cm³/mol. The highest BCUT2D eigenvalue weighted by atomic mass is 32.2. The van der Waals surface area contributed by atoms with E-state index in [0.717, 1.165) is 38.8 Å². The normalized spacial score (nSPS) is 23.9. The number of hydrogen-bond acceptors (Lipinski definition) is 3. The van der Waals surface area contributed by atoms with Crippen molar-refractivity contribution >= 4 is 15.6 Å². The van der Waals surface area contributed by atoms with Crippen LogP contribution in [-0.4, -0.2) is 38.5 Å². The summed E-state index contributed by atoms with van der Waals surface area (Å²) in [4.78, 5) is 2.81. The largest absolute Gasteiger partial charge is 0.295 e. The van der Waals surface area contributed by atoms with Gasteiger partial charge in [-0.3, -0.25) is 4.90 Å². The van der Waals surface area contributed by atoms with Crippen molar-refractivity contribution in [3.8, 4) is 0 Å². The Morgan fingerprint density at radius 3 is 2.25 bits per heavy atom. The van der Waals surface area contributed by atoms with Gasteiger partial charge in [0.05, 0.1) is 4.90 Å². The van der Waals surface area contributed by atoms with Gasteiger partial charge >= 0.3 is 0 Å². The van der Waals surface area contributed by atoms with Gasteiger partial charge in [0.25, 0.3) is 0 Å². The number of hydrogen-bond donors (Lipinski definition) is 1. The number of sulfonamides is 1. The molecule has 0 bridgehead atoms. The SMILES string of the molecule is O=S(=O)(N[C@@H]1CCCC[C@H]1N1CC=C(c2ccccc2)CC1)c1ccccc1. The maximum absolute atomic E-state index is 12.8. The summed E-state index contributed by atoms with van der Waals surface area (Å²) < 4.78 is 28.7. The molecule has 0 unspecified atom stereocenters. The van der Waals surface area contributed by atoms with E-state index in [1.54, 1.807) is 24.3 Å². The summed E-state index contributed by atoms with van der Waals surface area (Å²) in [6, 6.07) is 19.5. The fourth-order valence-electron chi connectivity index (χ4n) is 4.45. The second-order valence-electron chi connectivity index (χ2n) is 7.73. The number of benzene rings is 2. The van der Waals surface area contributed by atoms with Crippen molar-refractivity contribution in [2.24, 2.45) is 0 Å². The maximum Gasteiger partial charge on any atom is 0.240 e. The van der Waals surface area contributed by atoms with Gasteiger partial charge in [-0.2, -0.15) is 0 Å². The van der Waals surface area contributed by atoms with Crippen molar-refractivity contribution in [2.75, 3.05) is 13.1 Å². The summed E-state index contributed by atoms with van der Waals surface area (Å²) in [5.74, 6) is 0. The maximum atomic E-state index is 12.8. The van der Waals surface area contributed by atoms with Crippen LogP contribution in [0.15, 0.2) is 71.6 Å². The highest BCUT2D eigenvalue weighted by Crippen LogP contribution is 2.29. The van der Waals surface area contributed by atoms with Crippen LogP contribution < -0.4 is 4.72 Å². The smallest absolute Gasteiger partial charge is 0.240 e. The Bertz CT molecular complexity index is 910. The molecule has 1 aliphatic heterocycles. The van der Waals surface area contributed by atoms with E-state index in [1.807, 2.05) is 12.1 Å². The molecule has 28 heavy (non-hydrogen) atoms. The third-order valence-electron chi connectivity index (χ3n) is 5.94. The van der Waals surface area contributed by atoms with Crippen LogP contribution in [0.5, 0.6) is 0 Å². The van der Waals surface area contributed by atoms with Gasteiger partial charge < -0.3 is 0 Å². The number of nitrogens with one attached hydrogen (secondary N) is 1. The predicted octanol–water partition coefficient (Wildman–Crippen LogP) is 4.07. The molecule has 2 aromatic carbocycles. The van der Waals surface area contributed by atoms with Crippen LogP contribution >= 0.6 is 0 Å². The molecule has 0 spiro atoms. The standard InChI is InChI=1S/C23H28N2O2S/c26-28(27,21-11-5-2-6-12-21)24-22-13-7-8-14-23(22)25-17-15-20(16-18-25)19-9-3-1-4-10-19/h1-6,9-12,15,22-24H,7-8,13-14,16-18H2/t22-,23-/m1/s1. The minimum absolute atomic E-state index is 0.0226. The van der Waals surface area contributed by atoms with Gasteiger partial charge in [-0.15, -0.1) is 0 Å². The van der Waals surface area contributed by atoms with Gasteiger partial charge in [0.15, 0.2) is 0 Å². The Morgan fingerprint density at radius 1 is 0.893 bits per heavy atom. The molecule has 1 N–H and O–H groups in total. The third kappa shape index (κ3) is 4.37.